The van der Waals surface area contributed by atoms with Gasteiger partial charge >= 0.3 is 0 Å². The minimum absolute atomic E-state index is 0.0421. The van der Waals surface area contributed by atoms with Gasteiger partial charge in [0, 0.05) is 18.6 Å². The molecule has 2 N–H and O–H groups in total. The zero-order valence-electron chi connectivity index (χ0n) is 13.3. The van der Waals surface area contributed by atoms with Gasteiger partial charge in [-0.25, -0.2) is 4.39 Å². The molecular formula is C17H29FN2. The lowest BCUT2D eigenvalue weighted by Crippen LogP contribution is -2.35. The van der Waals surface area contributed by atoms with Crippen molar-refractivity contribution in [2.75, 3.05) is 11.4 Å². The molecule has 1 aromatic carbocycles. The molecule has 0 radical (unpaired) electrons. The Bertz CT molecular complexity index is 404. The molecule has 0 fully saturated rings. The first-order valence-corrected chi connectivity index (χ1v) is 7.80. The van der Waals surface area contributed by atoms with Crippen molar-refractivity contribution < 1.29 is 4.39 Å². The van der Waals surface area contributed by atoms with E-state index in [0.717, 1.165) is 37.1 Å². The fraction of sp³-hybridized carbons (Fsp3) is 0.647. The number of para-hydroxylation sites is 1. The molecule has 0 spiro atoms. The number of hydrogen-bond donors (Lipinski definition) is 1. The molecule has 0 amide bonds. The highest BCUT2D eigenvalue weighted by Gasteiger charge is 2.20. The van der Waals surface area contributed by atoms with Gasteiger partial charge in [-0.05, 0) is 44.7 Å². The van der Waals surface area contributed by atoms with E-state index in [2.05, 4.69) is 25.7 Å². The average molecular weight is 280 g/mol. The Balaban J connectivity index is 3.15. The normalized spacial score (nSPS) is 14.1. The average Bonchev–Trinajstić information content (AvgIpc) is 2.40. The molecule has 0 bridgehead atoms. The molecule has 0 aromatic heterocycles. The van der Waals surface area contributed by atoms with E-state index in [9.17, 15) is 4.39 Å². The second-order valence-corrected chi connectivity index (χ2v) is 5.73. The molecule has 2 nitrogen and oxygen atoms in total. The number of rotatable bonds is 8. The van der Waals surface area contributed by atoms with Crippen molar-refractivity contribution in [3.05, 3.63) is 29.6 Å². The van der Waals surface area contributed by atoms with E-state index in [4.69, 9.17) is 5.73 Å². The molecule has 1 rings (SSSR count). The van der Waals surface area contributed by atoms with Crippen LogP contribution >= 0.6 is 0 Å². The number of nitrogens with zero attached hydrogens (tertiary/aromatic N) is 1. The Morgan fingerprint density at radius 1 is 1.25 bits per heavy atom. The highest BCUT2D eigenvalue weighted by atomic mass is 19.1. The van der Waals surface area contributed by atoms with Crippen molar-refractivity contribution in [3.63, 3.8) is 0 Å². The third-order valence-electron chi connectivity index (χ3n) is 3.77. The minimum Gasteiger partial charge on any atom is -0.366 e. The molecular weight excluding hydrogens is 251 g/mol. The van der Waals surface area contributed by atoms with E-state index >= 15 is 0 Å². The van der Waals surface area contributed by atoms with Gasteiger partial charge in [-0.2, -0.15) is 0 Å². The molecule has 0 aliphatic heterocycles. The maximum absolute atomic E-state index is 14.4. The molecule has 0 saturated heterocycles. The zero-order valence-corrected chi connectivity index (χ0v) is 13.3. The van der Waals surface area contributed by atoms with E-state index < -0.39 is 0 Å². The van der Waals surface area contributed by atoms with E-state index in [1.54, 1.807) is 12.1 Å². The molecule has 20 heavy (non-hydrogen) atoms. The third-order valence-corrected chi connectivity index (χ3v) is 3.77. The van der Waals surface area contributed by atoms with E-state index in [0.29, 0.717) is 12.5 Å². The summed E-state index contributed by atoms with van der Waals surface area (Å²) in [7, 11) is 0. The van der Waals surface area contributed by atoms with E-state index in [1.807, 2.05) is 13.0 Å². The molecule has 2 unspecified atom stereocenters. The fourth-order valence-corrected chi connectivity index (χ4v) is 2.49. The summed E-state index contributed by atoms with van der Waals surface area (Å²) in [6, 6.07) is 5.72. The van der Waals surface area contributed by atoms with Crippen LogP contribution in [0.4, 0.5) is 10.1 Å². The van der Waals surface area contributed by atoms with Gasteiger partial charge in [0.1, 0.15) is 5.82 Å². The molecule has 114 valence electrons. The standard InChI is InChI=1S/C17H29FN2/c1-5-7-11-20(14(4)6-2)17-15(12-13(3)19)9-8-10-16(17)18/h8-10,13-14H,5-7,11-12,19H2,1-4H3. The van der Waals surface area contributed by atoms with Gasteiger partial charge in [-0.3, -0.25) is 0 Å². The molecule has 0 aliphatic rings. The summed E-state index contributed by atoms with van der Waals surface area (Å²) < 4.78 is 14.4. The highest BCUT2D eigenvalue weighted by Crippen LogP contribution is 2.28. The maximum Gasteiger partial charge on any atom is 0.146 e. The lowest BCUT2D eigenvalue weighted by atomic mass is 10.0. The second-order valence-electron chi connectivity index (χ2n) is 5.73. The van der Waals surface area contributed by atoms with Gasteiger partial charge < -0.3 is 10.6 Å². The number of hydrogen-bond acceptors (Lipinski definition) is 2. The predicted molar refractivity (Wildman–Crippen MR) is 85.8 cm³/mol. The molecule has 1 aromatic rings. The van der Waals surface area contributed by atoms with Gasteiger partial charge in [-0.1, -0.05) is 32.4 Å². The first-order valence-electron chi connectivity index (χ1n) is 7.80. The first kappa shape index (κ1) is 17.0. The third kappa shape index (κ3) is 4.48. The molecule has 0 saturated carbocycles. The van der Waals surface area contributed by atoms with Crippen molar-refractivity contribution in [1.82, 2.24) is 0 Å². The van der Waals surface area contributed by atoms with Crippen LogP contribution in [0.5, 0.6) is 0 Å². The maximum atomic E-state index is 14.4. The SMILES string of the molecule is CCCCN(c1c(F)cccc1CC(C)N)C(C)CC. The zero-order chi connectivity index (χ0) is 15.1. The molecule has 0 heterocycles. The summed E-state index contributed by atoms with van der Waals surface area (Å²) in [5.41, 5.74) is 7.69. The van der Waals surface area contributed by atoms with Gasteiger partial charge in [0.05, 0.1) is 5.69 Å². The highest BCUT2D eigenvalue weighted by molar-refractivity contribution is 5.56. The van der Waals surface area contributed by atoms with Crippen molar-refractivity contribution in [1.29, 1.82) is 0 Å². The number of nitrogens with two attached hydrogens (primary N) is 1. The predicted octanol–water partition coefficient (Wildman–Crippen LogP) is 4.12. The van der Waals surface area contributed by atoms with Crippen LogP contribution in [0.1, 0.15) is 52.5 Å². The Hall–Kier alpha value is -1.09. The molecule has 3 heteroatoms. The van der Waals surface area contributed by atoms with Crippen LogP contribution in [0.25, 0.3) is 0 Å². The summed E-state index contributed by atoms with van der Waals surface area (Å²) in [5, 5.41) is 0. The van der Waals surface area contributed by atoms with Crippen LogP contribution in [0.15, 0.2) is 18.2 Å². The summed E-state index contributed by atoms with van der Waals surface area (Å²) in [5.74, 6) is -0.125. The summed E-state index contributed by atoms with van der Waals surface area (Å²) in [4.78, 5) is 2.22. The van der Waals surface area contributed by atoms with Crippen LogP contribution in [-0.4, -0.2) is 18.6 Å². The minimum atomic E-state index is -0.125. The quantitative estimate of drug-likeness (QED) is 0.776. The molecule has 0 aliphatic carbocycles. The van der Waals surface area contributed by atoms with Gasteiger partial charge in [0.2, 0.25) is 0 Å². The number of anilines is 1. The second kappa shape index (κ2) is 8.25. The summed E-state index contributed by atoms with van der Waals surface area (Å²) >= 11 is 0. The number of unbranched alkanes of at least 4 members (excludes halogenated alkanes) is 1. The van der Waals surface area contributed by atoms with Gasteiger partial charge in [0.25, 0.3) is 0 Å². The van der Waals surface area contributed by atoms with Crippen molar-refractivity contribution in [2.45, 2.75) is 65.5 Å². The van der Waals surface area contributed by atoms with Crippen LogP contribution in [-0.2, 0) is 6.42 Å². The van der Waals surface area contributed by atoms with Crippen LogP contribution in [0.2, 0.25) is 0 Å². The van der Waals surface area contributed by atoms with Crippen molar-refractivity contribution >= 4 is 5.69 Å². The van der Waals surface area contributed by atoms with Crippen molar-refractivity contribution in [3.8, 4) is 0 Å². The smallest absolute Gasteiger partial charge is 0.146 e. The van der Waals surface area contributed by atoms with Gasteiger partial charge in [-0.15, -0.1) is 0 Å². The topological polar surface area (TPSA) is 29.3 Å². The molecule has 2 atom stereocenters. The Kier molecular flexibility index (Phi) is 7.00. The largest absolute Gasteiger partial charge is 0.366 e. The number of halogens is 1. The van der Waals surface area contributed by atoms with E-state index in [-0.39, 0.29) is 11.9 Å². The van der Waals surface area contributed by atoms with Crippen molar-refractivity contribution in [2.24, 2.45) is 5.73 Å². The Labute approximate surface area is 123 Å². The first-order chi connectivity index (χ1) is 9.51. The Morgan fingerprint density at radius 3 is 2.50 bits per heavy atom. The summed E-state index contributed by atoms with van der Waals surface area (Å²) in [6.07, 6.45) is 3.92. The van der Waals surface area contributed by atoms with Crippen LogP contribution < -0.4 is 10.6 Å². The lowest BCUT2D eigenvalue weighted by Gasteiger charge is -2.33. The van der Waals surface area contributed by atoms with Gasteiger partial charge in [0.15, 0.2) is 0 Å². The summed E-state index contributed by atoms with van der Waals surface area (Å²) in [6.45, 7) is 9.35. The van der Waals surface area contributed by atoms with Crippen LogP contribution in [0.3, 0.4) is 0 Å². The van der Waals surface area contributed by atoms with E-state index in [1.165, 1.54) is 0 Å². The number of benzene rings is 1. The lowest BCUT2D eigenvalue weighted by molar-refractivity contribution is 0.559. The van der Waals surface area contributed by atoms with Crippen LogP contribution in [0, 0.1) is 5.82 Å². The fourth-order valence-electron chi connectivity index (χ4n) is 2.49. The Morgan fingerprint density at radius 2 is 1.95 bits per heavy atom. The monoisotopic (exact) mass is 280 g/mol.